The standard InChI is InChI=1S/C18H18FNO5/c1-11(17(21)20-15-7-5-4-6-14(15)19)25-16-10-12(23-2)8-9-13(16)18(22)24-3/h4-11H,1-3H3,(H,20,21)/t11-/m0/s1. The molecular weight excluding hydrogens is 329 g/mol. The number of benzene rings is 2. The molecule has 2 aromatic rings. The van der Waals surface area contributed by atoms with Gasteiger partial charge in [-0.1, -0.05) is 12.1 Å². The van der Waals surface area contributed by atoms with E-state index in [9.17, 15) is 14.0 Å². The molecule has 1 amide bonds. The van der Waals surface area contributed by atoms with E-state index in [1.54, 1.807) is 12.1 Å². The number of nitrogens with one attached hydrogen (secondary N) is 1. The molecular formula is C18H18FNO5. The second-order valence-electron chi connectivity index (χ2n) is 5.08. The monoisotopic (exact) mass is 347 g/mol. The van der Waals surface area contributed by atoms with E-state index in [2.05, 4.69) is 5.32 Å². The van der Waals surface area contributed by atoms with Crippen LogP contribution >= 0.6 is 0 Å². The van der Waals surface area contributed by atoms with Crippen LogP contribution in [-0.2, 0) is 9.53 Å². The Morgan fingerprint density at radius 2 is 1.84 bits per heavy atom. The Morgan fingerprint density at radius 3 is 2.48 bits per heavy atom. The van der Waals surface area contributed by atoms with E-state index in [1.165, 1.54) is 51.5 Å². The summed E-state index contributed by atoms with van der Waals surface area (Å²) in [5, 5.41) is 2.44. The molecule has 0 aliphatic rings. The van der Waals surface area contributed by atoms with Gasteiger partial charge in [-0.3, -0.25) is 4.79 Å². The highest BCUT2D eigenvalue weighted by molar-refractivity contribution is 5.95. The average Bonchev–Trinajstić information content (AvgIpc) is 2.62. The van der Waals surface area contributed by atoms with E-state index >= 15 is 0 Å². The van der Waals surface area contributed by atoms with Gasteiger partial charge in [0.2, 0.25) is 0 Å². The van der Waals surface area contributed by atoms with Crippen molar-refractivity contribution in [3.05, 3.63) is 53.8 Å². The quantitative estimate of drug-likeness (QED) is 0.813. The normalized spacial score (nSPS) is 11.4. The first-order valence-corrected chi connectivity index (χ1v) is 7.44. The van der Waals surface area contributed by atoms with E-state index in [1.807, 2.05) is 0 Å². The number of hydrogen-bond donors (Lipinski definition) is 1. The second kappa shape index (κ2) is 8.14. The van der Waals surface area contributed by atoms with Gasteiger partial charge in [0.25, 0.3) is 5.91 Å². The maximum Gasteiger partial charge on any atom is 0.341 e. The van der Waals surface area contributed by atoms with Crippen molar-refractivity contribution in [2.24, 2.45) is 0 Å². The number of para-hydroxylation sites is 1. The number of esters is 1. The van der Waals surface area contributed by atoms with Crippen LogP contribution in [0.1, 0.15) is 17.3 Å². The lowest BCUT2D eigenvalue weighted by Gasteiger charge is -2.17. The second-order valence-corrected chi connectivity index (χ2v) is 5.08. The highest BCUT2D eigenvalue weighted by Crippen LogP contribution is 2.26. The molecule has 0 aromatic heterocycles. The Bertz CT molecular complexity index is 778. The number of ether oxygens (including phenoxy) is 3. The highest BCUT2D eigenvalue weighted by atomic mass is 19.1. The molecule has 0 saturated heterocycles. The van der Waals surface area contributed by atoms with E-state index in [0.717, 1.165) is 0 Å². The van der Waals surface area contributed by atoms with E-state index in [4.69, 9.17) is 14.2 Å². The van der Waals surface area contributed by atoms with E-state index in [0.29, 0.717) is 5.75 Å². The van der Waals surface area contributed by atoms with Crippen molar-refractivity contribution in [3.8, 4) is 11.5 Å². The molecule has 0 radical (unpaired) electrons. The van der Waals surface area contributed by atoms with Gasteiger partial charge in [-0.2, -0.15) is 0 Å². The summed E-state index contributed by atoms with van der Waals surface area (Å²) in [6.07, 6.45) is -0.991. The Balaban J connectivity index is 2.18. The fourth-order valence-electron chi connectivity index (χ4n) is 2.05. The molecule has 0 heterocycles. The molecule has 0 unspecified atom stereocenters. The summed E-state index contributed by atoms with van der Waals surface area (Å²) in [5.41, 5.74) is 0.190. The van der Waals surface area contributed by atoms with Crippen molar-refractivity contribution in [2.75, 3.05) is 19.5 Å². The number of carbonyl (C=O) groups excluding carboxylic acids is 2. The molecule has 25 heavy (non-hydrogen) atoms. The van der Waals surface area contributed by atoms with Gasteiger partial charge >= 0.3 is 5.97 Å². The number of carbonyl (C=O) groups is 2. The number of amides is 1. The largest absolute Gasteiger partial charge is 0.497 e. The zero-order valence-electron chi connectivity index (χ0n) is 14.0. The van der Waals surface area contributed by atoms with Crippen LogP contribution in [0.4, 0.5) is 10.1 Å². The number of rotatable bonds is 6. The molecule has 7 heteroatoms. The van der Waals surface area contributed by atoms with E-state index < -0.39 is 23.8 Å². The number of methoxy groups -OCH3 is 2. The molecule has 0 aliphatic heterocycles. The van der Waals surface area contributed by atoms with Gasteiger partial charge in [0.05, 0.1) is 19.9 Å². The summed E-state index contributed by atoms with van der Waals surface area (Å²) in [5.74, 6) is -1.16. The van der Waals surface area contributed by atoms with Crippen molar-refractivity contribution in [1.82, 2.24) is 0 Å². The van der Waals surface area contributed by atoms with Gasteiger partial charge in [-0.15, -0.1) is 0 Å². The number of anilines is 1. The van der Waals surface area contributed by atoms with Crippen LogP contribution < -0.4 is 14.8 Å². The molecule has 1 N–H and O–H groups in total. The summed E-state index contributed by atoms with van der Waals surface area (Å²) in [6.45, 7) is 1.48. The molecule has 0 aliphatic carbocycles. The highest BCUT2D eigenvalue weighted by Gasteiger charge is 2.21. The lowest BCUT2D eigenvalue weighted by Crippen LogP contribution is -2.31. The predicted molar refractivity (Wildman–Crippen MR) is 89.5 cm³/mol. The summed E-state index contributed by atoms with van der Waals surface area (Å²) in [4.78, 5) is 24.1. The third-order valence-corrected chi connectivity index (χ3v) is 3.40. The van der Waals surface area contributed by atoms with Crippen molar-refractivity contribution in [2.45, 2.75) is 13.0 Å². The van der Waals surface area contributed by atoms with Crippen LogP contribution in [0, 0.1) is 5.82 Å². The molecule has 0 fully saturated rings. The van der Waals surface area contributed by atoms with Crippen molar-refractivity contribution < 1.29 is 28.2 Å². The first-order valence-electron chi connectivity index (χ1n) is 7.44. The minimum absolute atomic E-state index is 0.0433. The smallest absolute Gasteiger partial charge is 0.341 e. The van der Waals surface area contributed by atoms with Crippen LogP contribution in [0.5, 0.6) is 11.5 Å². The number of halogens is 1. The first-order chi connectivity index (χ1) is 12.0. The van der Waals surface area contributed by atoms with Crippen molar-refractivity contribution >= 4 is 17.6 Å². The van der Waals surface area contributed by atoms with Gasteiger partial charge in [-0.05, 0) is 31.2 Å². The average molecular weight is 347 g/mol. The Labute approximate surface area is 144 Å². The molecule has 132 valence electrons. The fraction of sp³-hybridized carbons (Fsp3) is 0.222. The van der Waals surface area contributed by atoms with Crippen LogP contribution in [0.25, 0.3) is 0 Å². The van der Waals surface area contributed by atoms with Gasteiger partial charge in [-0.25, -0.2) is 9.18 Å². The predicted octanol–water partition coefficient (Wildman–Crippen LogP) is 3.03. The van der Waals surface area contributed by atoms with Gasteiger partial charge in [0.1, 0.15) is 22.9 Å². The fourth-order valence-corrected chi connectivity index (χ4v) is 2.05. The summed E-state index contributed by atoms with van der Waals surface area (Å²) in [7, 11) is 2.70. The summed E-state index contributed by atoms with van der Waals surface area (Å²) < 4.78 is 29.0. The maximum absolute atomic E-state index is 13.6. The molecule has 2 aromatic carbocycles. The molecule has 0 bridgehead atoms. The maximum atomic E-state index is 13.6. The molecule has 0 saturated carbocycles. The van der Waals surface area contributed by atoms with Gasteiger partial charge < -0.3 is 19.5 Å². The minimum atomic E-state index is -0.991. The SMILES string of the molecule is COC(=O)c1ccc(OC)cc1O[C@@H](C)C(=O)Nc1ccccc1F. The van der Waals surface area contributed by atoms with Crippen LogP contribution in [0.15, 0.2) is 42.5 Å². The van der Waals surface area contributed by atoms with E-state index in [-0.39, 0.29) is 17.0 Å². The number of hydrogen-bond acceptors (Lipinski definition) is 5. The van der Waals surface area contributed by atoms with Crippen LogP contribution in [0.2, 0.25) is 0 Å². The zero-order chi connectivity index (χ0) is 18.4. The zero-order valence-corrected chi connectivity index (χ0v) is 14.0. The topological polar surface area (TPSA) is 73.9 Å². The molecule has 1 atom stereocenters. The first kappa shape index (κ1) is 18.3. The van der Waals surface area contributed by atoms with Gasteiger partial charge in [0.15, 0.2) is 6.10 Å². The molecule has 0 spiro atoms. The lowest BCUT2D eigenvalue weighted by atomic mass is 10.2. The summed E-state index contributed by atoms with van der Waals surface area (Å²) in [6, 6.07) is 10.3. The minimum Gasteiger partial charge on any atom is -0.497 e. The van der Waals surface area contributed by atoms with Gasteiger partial charge in [0, 0.05) is 6.07 Å². The van der Waals surface area contributed by atoms with Crippen molar-refractivity contribution in [1.29, 1.82) is 0 Å². The van der Waals surface area contributed by atoms with Crippen LogP contribution in [-0.4, -0.2) is 32.2 Å². The Kier molecular flexibility index (Phi) is 5.94. The molecule has 2 rings (SSSR count). The third kappa shape index (κ3) is 4.47. The van der Waals surface area contributed by atoms with Crippen molar-refractivity contribution in [3.63, 3.8) is 0 Å². The summed E-state index contributed by atoms with van der Waals surface area (Å²) >= 11 is 0. The lowest BCUT2D eigenvalue weighted by molar-refractivity contribution is -0.122. The van der Waals surface area contributed by atoms with Crippen LogP contribution in [0.3, 0.4) is 0 Å². The molecule has 6 nitrogen and oxygen atoms in total. The Morgan fingerprint density at radius 1 is 1.12 bits per heavy atom. The Hall–Kier alpha value is -3.09. The third-order valence-electron chi connectivity index (χ3n) is 3.40.